The van der Waals surface area contributed by atoms with E-state index >= 15 is 0 Å². The van der Waals surface area contributed by atoms with E-state index in [4.69, 9.17) is 4.74 Å². The van der Waals surface area contributed by atoms with Crippen LogP contribution in [-0.2, 0) is 20.7 Å². The minimum atomic E-state index is -0.690. The number of carbonyl (C=O) groups excluding carboxylic acids is 2. The minimum Gasteiger partial charge on any atom is -0.462 e. The molecule has 1 aromatic carbocycles. The number of nitro groups is 1. The van der Waals surface area contributed by atoms with E-state index in [1.807, 2.05) is 0 Å². The Morgan fingerprint density at radius 1 is 1.47 bits per heavy atom. The highest BCUT2D eigenvalue weighted by Gasteiger charge is 2.25. The van der Waals surface area contributed by atoms with Crippen LogP contribution in [0.25, 0.3) is 6.08 Å². The molecule has 0 aliphatic heterocycles. The second-order valence-corrected chi connectivity index (χ2v) is 4.02. The molecule has 0 amide bonds. The molecule has 0 fully saturated rings. The van der Waals surface area contributed by atoms with Crippen LogP contribution in [0.2, 0.25) is 0 Å². The van der Waals surface area contributed by atoms with Gasteiger partial charge in [0.1, 0.15) is 5.57 Å². The molecule has 0 saturated heterocycles. The Hall–Kier alpha value is -2.50. The number of nitro benzene ring substituents is 1. The van der Waals surface area contributed by atoms with Gasteiger partial charge in [0.05, 0.1) is 11.5 Å². The van der Waals surface area contributed by atoms with Crippen molar-refractivity contribution < 1.29 is 19.2 Å². The molecular formula is C13H11NO5. The summed E-state index contributed by atoms with van der Waals surface area (Å²) in [6, 6.07) is 4.22. The Kier molecular flexibility index (Phi) is 3.41. The number of nitrogens with zero attached hydrogens (tertiary/aromatic N) is 1. The summed E-state index contributed by atoms with van der Waals surface area (Å²) in [6.07, 6.45) is 1.41. The fourth-order valence-corrected chi connectivity index (χ4v) is 1.88. The Labute approximate surface area is 108 Å². The van der Waals surface area contributed by atoms with Gasteiger partial charge in [-0.1, -0.05) is 6.07 Å². The maximum atomic E-state index is 11.8. The summed E-state index contributed by atoms with van der Waals surface area (Å²) in [5.74, 6) is -1.02. The number of hydrogen-bond acceptors (Lipinski definition) is 5. The monoisotopic (exact) mass is 261 g/mol. The summed E-state index contributed by atoms with van der Waals surface area (Å²) in [7, 11) is 0. The highest BCUT2D eigenvalue weighted by molar-refractivity contribution is 6.22. The van der Waals surface area contributed by atoms with Crippen LogP contribution >= 0.6 is 0 Å². The lowest BCUT2D eigenvalue weighted by Crippen LogP contribution is -2.20. The molecule has 0 spiro atoms. The molecule has 0 aromatic heterocycles. The zero-order chi connectivity index (χ0) is 14.0. The van der Waals surface area contributed by atoms with E-state index in [1.54, 1.807) is 6.92 Å². The summed E-state index contributed by atoms with van der Waals surface area (Å²) in [5.41, 5.74) is 1.04. The summed E-state index contributed by atoms with van der Waals surface area (Å²) in [6.45, 7) is 1.82. The van der Waals surface area contributed by atoms with Gasteiger partial charge in [-0.2, -0.15) is 0 Å². The number of benzene rings is 1. The molecule has 98 valence electrons. The second-order valence-electron chi connectivity index (χ2n) is 4.02. The molecule has 1 aliphatic carbocycles. The number of fused-ring (bicyclic) bond motifs is 1. The van der Waals surface area contributed by atoms with E-state index in [0.29, 0.717) is 11.1 Å². The number of carbonyl (C=O) groups is 2. The van der Waals surface area contributed by atoms with E-state index in [-0.39, 0.29) is 30.1 Å². The van der Waals surface area contributed by atoms with Crippen molar-refractivity contribution in [2.75, 3.05) is 6.61 Å². The van der Waals surface area contributed by atoms with Crippen molar-refractivity contribution in [3.05, 3.63) is 45.0 Å². The molecule has 1 aliphatic rings. The smallest absolute Gasteiger partial charge is 0.341 e. The van der Waals surface area contributed by atoms with E-state index in [9.17, 15) is 19.7 Å². The van der Waals surface area contributed by atoms with Gasteiger partial charge in [0.15, 0.2) is 5.78 Å². The molecule has 6 nitrogen and oxygen atoms in total. The third kappa shape index (κ3) is 2.52. The number of hydrogen-bond donors (Lipinski definition) is 0. The second kappa shape index (κ2) is 5.01. The summed E-state index contributed by atoms with van der Waals surface area (Å²) >= 11 is 0. The van der Waals surface area contributed by atoms with E-state index < -0.39 is 10.9 Å². The van der Waals surface area contributed by atoms with Gasteiger partial charge in [0.2, 0.25) is 0 Å². The van der Waals surface area contributed by atoms with Gasteiger partial charge in [0.25, 0.3) is 5.69 Å². The standard InChI is InChI=1S/C13H11NO5/c1-2-19-13(16)11-6-9-5-10(14(17)18)4-3-8(9)7-12(11)15/h3-6H,2,7H2,1H3. The van der Waals surface area contributed by atoms with Gasteiger partial charge in [-0.15, -0.1) is 0 Å². The normalized spacial score (nSPS) is 13.5. The summed E-state index contributed by atoms with van der Waals surface area (Å²) in [4.78, 5) is 33.6. The summed E-state index contributed by atoms with van der Waals surface area (Å²) in [5, 5.41) is 10.7. The van der Waals surface area contributed by atoms with E-state index in [2.05, 4.69) is 0 Å². The molecule has 0 N–H and O–H groups in total. The van der Waals surface area contributed by atoms with Crippen molar-refractivity contribution in [2.45, 2.75) is 13.3 Å². The highest BCUT2D eigenvalue weighted by atomic mass is 16.6. The lowest BCUT2D eigenvalue weighted by molar-refractivity contribution is -0.384. The minimum absolute atomic E-state index is 0.0535. The molecule has 0 unspecified atom stereocenters. The van der Waals surface area contributed by atoms with Crippen molar-refractivity contribution in [3.63, 3.8) is 0 Å². The van der Waals surface area contributed by atoms with Crippen LogP contribution in [0.4, 0.5) is 5.69 Å². The largest absolute Gasteiger partial charge is 0.462 e. The highest BCUT2D eigenvalue weighted by Crippen LogP contribution is 2.26. The molecule has 1 aromatic rings. The van der Waals surface area contributed by atoms with E-state index in [0.717, 1.165) is 0 Å². The van der Waals surface area contributed by atoms with Crippen molar-refractivity contribution in [1.29, 1.82) is 0 Å². The Morgan fingerprint density at radius 3 is 2.84 bits per heavy atom. The lowest BCUT2D eigenvalue weighted by atomic mass is 9.91. The van der Waals surface area contributed by atoms with Gasteiger partial charge in [-0.25, -0.2) is 4.79 Å². The van der Waals surface area contributed by atoms with Crippen molar-refractivity contribution in [1.82, 2.24) is 0 Å². The first-order valence-electron chi connectivity index (χ1n) is 5.72. The maximum absolute atomic E-state index is 11.8. The Bertz CT molecular complexity index is 603. The Balaban J connectivity index is 2.44. The molecule has 0 bridgehead atoms. The molecule has 2 rings (SSSR count). The maximum Gasteiger partial charge on any atom is 0.341 e. The van der Waals surface area contributed by atoms with Crippen molar-refractivity contribution in [2.24, 2.45) is 0 Å². The number of rotatable bonds is 3. The van der Waals surface area contributed by atoms with Crippen molar-refractivity contribution >= 4 is 23.5 Å². The van der Waals surface area contributed by atoms with E-state index in [1.165, 1.54) is 24.3 Å². The fraction of sp³-hybridized carbons (Fsp3) is 0.231. The van der Waals surface area contributed by atoms with Crippen LogP contribution in [0.15, 0.2) is 23.8 Å². The number of ketones is 1. The third-order valence-electron chi connectivity index (χ3n) is 2.79. The van der Waals surface area contributed by atoms with Crippen LogP contribution in [0.1, 0.15) is 18.1 Å². The molecule has 0 radical (unpaired) electrons. The van der Waals surface area contributed by atoms with Crippen LogP contribution in [0.5, 0.6) is 0 Å². The zero-order valence-electron chi connectivity index (χ0n) is 10.2. The predicted octanol–water partition coefficient (Wildman–Crippen LogP) is 1.67. The topological polar surface area (TPSA) is 86.5 Å². The number of ether oxygens (including phenoxy) is 1. The number of Topliss-reactive ketones (excluding diaryl/α,β-unsaturated/α-hetero) is 1. The predicted molar refractivity (Wildman–Crippen MR) is 66.4 cm³/mol. The number of non-ortho nitro benzene ring substituents is 1. The van der Waals surface area contributed by atoms with Crippen LogP contribution in [-0.4, -0.2) is 23.3 Å². The van der Waals surface area contributed by atoms with Gasteiger partial charge in [-0.05, 0) is 24.1 Å². The summed E-state index contributed by atoms with van der Waals surface area (Å²) < 4.78 is 4.78. The zero-order valence-corrected chi connectivity index (χ0v) is 10.2. The molecule has 0 heterocycles. The van der Waals surface area contributed by atoms with Crippen LogP contribution < -0.4 is 0 Å². The molecular weight excluding hydrogens is 250 g/mol. The molecule has 19 heavy (non-hydrogen) atoms. The van der Waals surface area contributed by atoms with Crippen molar-refractivity contribution in [3.8, 4) is 0 Å². The van der Waals surface area contributed by atoms with Gasteiger partial charge >= 0.3 is 5.97 Å². The van der Waals surface area contributed by atoms with Crippen LogP contribution in [0, 0.1) is 10.1 Å². The van der Waals surface area contributed by atoms with Crippen LogP contribution in [0.3, 0.4) is 0 Å². The molecule has 0 saturated carbocycles. The first kappa shape index (κ1) is 12.9. The first-order valence-corrected chi connectivity index (χ1v) is 5.72. The molecule has 6 heteroatoms. The van der Waals surface area contributed by atoms with Gasteiger partial charge < -0.3 is 4.74 Å². The SMILES string of the molecule is CCOC(=O)C1=Cc2cc([N+](=O)[O-])ccc2CC1=O. The average Bonchev–Trinajstić information content (AvgIpc) is 2.37. The Morgan fingerprint density at radius 2 is 2.21 bits per heavy atom. The number of esters is 1. The first-order chi connectivity index (χ1) is 9.02. The quantitative estimate of drug-likeness (QED) is 0.357. The fourth-order valence-electron chi connectivity index (χ4n) is 1.88. The molecule has 0 atom stereocenters. The lowest BCUT2D eigenvalue weighted by Gasteiger charge is -2.14. The van der Waals surface area contributed by atoms with Gasteiger partial charge in [0, 0.05) is 18.6 Å². The average molecular weight is 261 g/mol. The van der Waals surface area contributed by atoms with Gasteiger partial charge in [-0.3, -0.25) is 14.9 Å². The third-order valence-corrected chi connectivity index (χ3v) is 2.79.